The number of pyridine rings is 1. The van der Waals surface area contributed by atoms with Crippen molar-refractivity contribution in [2.45, 2.75) is 39.0 Å². The van der Waals surface area contributed by atoms with Crippen LogP contribution in [0.5, 0.6) is 0 Å². The lowest BCUT2D eigenvalue weighted by Crippen LogP contribution is -2.20. The molecule has 0 aliphatic carbocycles. The average molecular weight is 365 g/mol. The smallest absolute Gasteiger partial charge is 0.321 e. The van der Waals surface area contributed by atoms with E-state index in [1.54, 1.807) is 29.1 Å². The number of hydrogen-bond acceptors (Lipinski definition) is 3. The molecule has 0 spiro atoms. The van der Waals surface area contributed by atoms with Crippen molar-refractivity contribution >= 4 is 22.8 Å². The summed E-state index contributed by atoms with van der Waals surface area (Å²) in [7, 11) is 0. The van der Waals surface area contributed by atoms with Gasteiger partial charge in [0.2, 0.25) is 5.91 Å². The first kappa shape index (κ1) is 18.0. The third-order valence-electron chi connectivity index (χ3n) is 3.94. The molecule has 3 rings (SSSR count). The van der Waals surface area contributed by atoms with Gasteiger partial charge in [-0.1, -0.05) is 0 Å². The van der Waals surface area contributed by atoms with Gasteiger partial charge >= 0.3 is 6.18 Å². The molecule has 0 aliphatic heterocycles. The minimum atomic E-state index is -4.52. The number of nitrogens with zero attached hydrogens (tertiary/aromatic N) is 4. The maximum Gasteiger partial charge on any atom is 0.431 e. The van der Waals surface area contributed by atoms with Gasteiger partial charge < -0.3 is 9.88 Å². The van der Waals surface area contributed by atoms with Crippen molar-refractivity contribution in [2.24, 2.45) is 0 Å². The molecule has 0 atom stereocenters. The van der Waals surface area contributed by atoms with Crippen LogP contribution in [0.1, 0.15) is 32.0 Å². The van der Waals surface area contributed by atoms with Crippen LogP contribution in [-0.4, -0.2) is 25.2 Å². The molecular formula is C17H18F3N5O. The van der Waals surface area contributed by atoms with E-state index in [2.05, 4.69) is 15.4 Å². The summed E-state index contributed by atoms with van der Waals surface area (Å²) in [5, 5.41) is 7.18. The number of carbonyl (C=O) groups is 1. The van der Waals surface area contributed by atoms with Gasteiger partial charge in [0.05, 0.1) is 6.20 Å². The summed E-state index contributed by atoms with van der Waals surface area (Å²) in [6, 6.07) is 5.89. The fourth-order valence-corrected chi connectivity index (χ4v) is 2.79. The second-order valence-electron chi connectivity index (χ2n) is 6.15. The number of fused-ring (bicyclic) bond motifs is 1. The predicted molar refractivity (Wildman–Crippen MR) is 90.6 cm³/mol. The molecule has 1 N–H and O–H groups in total. The Morgan fingerprint density at radius 2 is 2.04 bits per heavy atom. The maximum atomic E-state index is 13.3. The average Bonchev–Trinajstić information content (AvgIpc) is 3.16. The lowest BCUT2D eigenvalue weighted by Gasteiger charge is -2.14. The van der Waals surface area contributed by atoms with Crippen LogP contribution in [0.4, 0.5) is 19.0 Å². The molecule has 138 valence electrons. The summed E-state index contributed by atoms with van der Waals surface area (Å²) >= 11 is 0. The van der Waals surface area contributed by atoms with E-state index in [1.807, 2.05) is 13.8 Å². The summed E-state index contributed by atoms with van der Waals surface area (Å²) in [4.78, 5) is 16.2. The van der Waals surface area contributed by atoms with Crippen LogP contribution in [0.15, 0.2) is 36.7 Å². The van der Waals surface area contributed by atoms with E-state index >= 15 is 0 Å². The molecule has 3 aromatic heterocycles. The number of alkyl halides is 3. The lowest BCUT2D eigenvalue weighted by molar-refractivity contribution is -0.143. The molecule has 0 unspecified atom stereocenters. The molecule has 0 aromatic carbocycles. The Morgan fingerprint density at radius 3 is 2.73 bits per heavy atom. The zero-order valence-electron chi connectivity index (χ0n) is 14.3. The van der Waals surface area contributed by atoms with E-state index in [1.165, 1.54) is 6.20 Å². The predicted octanol–water partition coefficient (Wildman–Crippen LogP) is 3.86. The van der Waals surface area contributed by atoms with E-state index < -0.39 is 17.8 Å². The lowest BCUT2D eigenvalue weighted by atomic mass is 10.3. The monoisotopic (exact) mass is 365 g/mol. The second kappa shape index (κ2) is 6.81. The van der Waals surface area contributed by atoms with Crippen molar-refractivity contribution in [1.82, 2.24) is 19.3 Å². The number of hydrogen-bond donors (Lipinski definition) is 1. The molecule has 0 saturated heterocycles. The fourth-order valence-electron chi connectivity index (χ4n) is 2.79. The normalized spacial score (nSPS) is 12.1. The third-order valence-corrected chi connectivity index (χ3v) is 3.94. The van der Waals surface area contributed by atoms with E-state index in [0.717, 1.165) is 10.6 Å². The number of aryl methyl sites for hydroxylation is 1. The quantitative estimate of drug-likeness (QED) is 0.747. The number of aromatic nitrogens is 4. The molecule has 3 aromatic rings. The van der Waals surface area contributed by atoms with Crippen molar-refractivity contribution in [1.29, 1.82) is 0 Å². The van der Waals surface area contributed by atoms with Gasteiger partial charge in [0.25, 0.3) is 0 Å². The molecule has 3 heterocycles. The summed E-state index contributed by atoms with van der Waals surface area (Å²) in [6.45, 7) is 3.70. The highest BCUT2D eigenvalue weighted by Crippen LogP contribution is 2.33. The van der Waals surface area contributed by atoms with Crippen LogP contribution in [0.25, 0.3) is 11.0 Å². The molecule has 0 aliphatic rings. The van der Waals surface area contributed by atoms with E-state index in [-0.39, 0.29) is 24.7 Å². The highest BCUT2D eigenvalue weighted by Gasteiger charge is 2.35. The molecule has 1 amide bonds. The molecule has 0 saturated carbocycles. The Labute approximate surface area is 147 Å². The van der Waals surface area contributed by atoms with Crippen LogP contribution < -0.4 is 5.32 Å². The summed E-state index contributed by atoms with van der Waals surface area (Å²) in [5.74, 6) is 0.120. The van der Waals surface area contributed by atoms with Gasteiger partial charge in [0, 0.05) is 36.7 Å². The SMILES string of the molecule is CC(C)n1nccc1NC(=O)CCn1c(C(F)(F)F)cc2cccnc21. The minimum absolute atomic E-state index is 0.0507. The maximum absolute atomic E-state index is 13.3. The largest absolute Gasteiger partial charge is 0.431 e. The Balaban J connectivity index is 1.79. The molecule has 6 nitrogen and oxygen atoms in total. The van der Waals surface area contributed by atoms with Crippen molar-refractivity contribution in [2.75, 3.05) is 5.32 Å². The molecule has 0 fully saturated rings. The van der Waals surface area contributed by atoms with Gasteiger partial charge in [-0.3, -0.25) is 4.79 Å². The van der Waals surface area contributed by atoms with Crippen molar-refractivity contribution in [3.63, 3.8) is 0 Å². The van der Waals surface area contributed by atoms with Gasteiger partial charge in [-0.2, -0.15) is 18.3 Å². The number of halogens is 3. The number of anilines is 1. The Kier molecular flexibility index (Phi) is 4.71. The van der Waals surface area contributed by atoms with Crippen LogP contribution in [-0.2, 0) is 17.5 Å². The second-order valence-corrected chi connectivity index (χ2v) is 6.15. The van der Waals surface area contributed by atoms with Gasteiger partial charge in [0.15, 0.2) is 0 Å². The first-order chi connectivity index (χ1) is 12.3. The van der Waals surface area contributed by atoms with Gasteiger partial charge in [-0.05, 0) is 32.0 Å². The third kappa shape index (κ3) is 3.56. The first-order valence-corrected chi connectivity index (χ1v) is 8.12. The zero-order valence-corrected chi connectivity index (χ0v) is 14.3. The van der Waals surface area contributed by atoms with Gasteiger partial charge in [0.1, 0.15) is 17.2 Å². The summed E-state index contributed by atoms with van der Waals surface area (Å²) in [6.07, 6.45) is -1.65. The van der Waals surface area contributed by atoms with Crippen molar-refractivity contribution in [3.8, 4) is 0 Å². The minimum Gasteiger partial charge on any atom is -0.321 e. The Bertz CT molecular complexity index is 926. The molecule has 26 heavy (non-hydrogen) atoms. The highest BCUT2D eigenvalue weighted by atomic mass is 19.4. The van der Waals surface area contributed by atoms with E-state index in [9.17, 15) is 18.0 Å². The van der Waals surface area contributed by atoms with Crippen LogP contribution in [0.2, 0.25) is 0 Å². The molecular weight excluding hydrogens is 347 g/mol. The molecule has 0 radical (unpaired) electrons. The molecule has 0 bridgehead atoms. The van der Waals surface area contributed by atoms with Crippen molar-refractivity contribution < 1.29 is 18.0 Å². The number of carbonyl (C=O) groups excluding carboxylic acids is 1. The topological polar surface area (TPSA) is 64.7 Å². The van der Waals surface area contributed by atoms with Gasteiger partial charge in [-0.25, -0.2) is 9.67 Å². The van der Waals surface area contributed by atoms with Crippen LogP contribution >= 0.6 is 0 Å². The van der Waals surface area contributed by atoms with E-state index in [0.29, 0.717) is 11.2 Å². The standard InChI is InChI=1S/C17H18F3N5O/c1-11(2)25-14(5-8-22-25)23-15(26)6-9-24-13(17(18,19)20)10-12-4-3-7-21-16(12)24/h3-5,7-8,10-11H,6,9H2,1-2H3,(H,23,26). The Morgan fingerprint density at radius 1 is 1.27 bits per heavy atom. The van der Waals surface area contributed by atoms with E-state index in [4.69, 9.17) is 0 Å². The number of amides is 1. The zero-order chi connectivity index (χ0) is 18.9. The van der Waals surface area contributed by atoms with Crippen LogP contribution in [0, 0.1) is 0 Å². The van der Waals surface area contributed by atoms with Gasteiger partial charge in [-0.15, -0.1) is 0 Å². The first-order valence-electron chi connectivity index (χ1n) is 8.12. The fraction of sp³-hybridized carbons (Fsp3) is 0.353. The van der Waals surface area contributed by atoms with Crippen LogP contribution in [0.3, 0.4) is 0 Å². The summed E-state index contributed by atoms with van der Waals surface area (Å²) < 4.78 is 42.6. The number of nitrogens with one attached hydrogen (secondary N) is 1. The summed E-state index contributed by atoms with van der Waals surface area (Å²) in [5.41, 5.74) is -0.605. The number of rotatable bonds is 5. The molecule has 9 heteroatoms. The Hall–Kier alpha value is -2.84. The highest BCUT2D eigenvalue weighted by molar-refractivity contribution is 5.90. The van der Waals surface area contributed by atoms with Crippen molar-refractivity contribution in [3.05, 3.63) is 42.4 Å².